The van der Waals surface area contributed by atoms with Crippen molar-refractivity contribution in [1.29, 1.82) is 0 Å². The van der Waals surface area contributed by atoms with E-state index in [1.165, 1.54) is 18.2 Å². The van der Waals surface area contributed by atoms with Crippen LogP contribution in [0.4, 0.5) is 13.2 Å². The number of hydrogen-bond acceptors (Lipinski definition) is 3. The third-order valence-corrected chi connectivity index (χ3v) is 4.23. The Labute approximate surface area is 174 Å². The molecule has 0 aliphatic rings. The van der Waals surface area contributed by atoms with Crippen molar-refractivity contribution in [3.63, 3.8) is 0 Å². The van der Waals surface area contributed by atoms with E-state index in [0.717, 1.165) is 6.07 Å². The molecule has 2 aromatic rings. The van der Waals surface area contributed by atoms with E-state index in [2.05, 4.69) is 20.9 Å². The summed E-state index contributed by atoms with van der Waals surface area (Å²) in [5.74, 6) is 0.199. The molecule has 0 N–H and O–H groups in total. The minimum Gasteiger partial charge on any atom is -0.489 e. The van der Waals surface area contributed by atoms with E-state index in [1.54, 1.807) is 0 Å². The molecule has 26 heavy (non-hydrogen) atoms. The van der Waals surface area contributed by atoms with Crippen LogP contribution in [0.5, 0.6) is 17.4 Å². The Hall–Kier alpha value is -0.860. The van der Waals surface area contributed by atoms with Crippen LogP contribution in [0.15, 0.2) is 39.4 Å². The zero-order valence-electron chi connectivity index (χ0n) is 12.4. The van der Waals surface area contributed by atoms with Gasteiger partial charge in [0.15, 0.2) is 5.75 Å². The number of ether oxygens (including phenoxy) is 2. The van der Waals surface area contributed by atoms with Gasteiger partial charge in [0.25, 0.3) is 0 Å². The summed E-state index contributed by atoms with van der Waals surface area (Å²) >= 11 is 26.1. The first-order valence-electron chi connectivity index (χ1n) is 6.61. The first kappa shape index (κ1) is 21.4. The van der Waals surface area contributed by atoms with Gasteiger partial charge in [-0.1, -0.05) is 46.4 Å². The van der Waals surface area contributed by atoms with Crippen LogP contribution >= 0.6 is 62.3 Å². The third kappa shape index (κ3) is 5.82. The van der Waals surface area contributed by atoms with Gasteiger partial charge in [0.1, 0.15) is 16.8 Å². The molecule has 11 heteroatoms. The van der Waals surface area contributed by atoms with Crippen LogP contribution in [-0.4, -0.2) is 11.6 Å². The largest absolute Gasteiger partial charge is 0.489 e. The number of aromatic nitrogens is 1. The molecule has 0 bridgehead atoms. The van der Waals surface area contributed by atoms with Crippen molar-refractivity contribution in [3.05, 3.63) is 55.0 Å². The lowest BCUT2D eigenvalue weighted by atomic mass is 10.3. The van der Waals surface area contributed by atoms with E-state index < -0.39 is 11.7 Å². The minimum absolute atomic E-state index is 0.0123. The van der Waals surface area contributed by atoms with Crippen LogP contribution in [0.25, 0.3) is 0 Å². The van der Waals surface area contributed by atoms with Gasteiger partial charge < -0.3 is 9.47 Å². The number of alkyl halides is 3. The second-order valence-corrected chi connectivity index (χ2v) is 7.31. The summed E-state index contributed by atoms with van der Waals surface area (Å²) in [7, 11) is 0. The van der Waals surface area contributed by atoms with Crippen molar-refractivity contribution in [3.8, 4) is 17.4 Å². The summed E-state index contributed by atoms with van der Waals surface area (Å²) in [6.45, 7) is 0.0845. The molecule has 140 valence electrons. The van der Waals surface area contributed by atoms with Crippen molar-refractivity contribution >= 4 is 62.3 Å². The minimum atomic E-state index is -4.53. The van der Waals surface area contributed by atoms with Crippen molar-refractivity contribution in [2.45, 2.75) is 6.18 Å². The molecule has 1 aromatic heterocycles. The van der Waals surface area contributed by atoms with Gasteiger partial charge in [0.2, 0.25) is 5.88 Å². The van der Waals surface area contributed by atoms with Crippen molar-refractivity contribution in [2.24, 2.45) is 0 Å². The molecule has 0 saturated carbocycles. The lowest BCUT2D eigenvalue weighted by Gasteiger charge is -2.13. The van der Waals surface area contributed by atoms with Gasteiger partial charge in [0.05, 0.1) is 20.1 Å². The van der Waals surface area contributed by atoms with Crippen LogP contribution in [0.2, 0.25) is 10.0 Å². The van der Waals surface area contributed by atoms with Gasteiger partial charge in [-0.15, -0.1) is 0 Å². The van der Waals surface area contributed by atoms with Crippen LogP contribution < -0.4 is 9.47 Å². The SMILES string of the molecule is FC(F)(F)c1cnc(Oc2c(Cl)cc(OCC=C(Cl)Cl)cc2Cl)c(Br)c1. The van der Waals surface area contributed by atoms with Crippen molar-refractivity contribution < 1.29 is 22.6 Å². The second kappa shape index (κ2) is 8.89. The molecule has 0 fully saturated rings. The van der Waals surface area contributed by atoms with Crippen LogP contribution in [0.3, 0.4) is 0 Å². The third-order valence-electron chi connectivity index (χ3n) is 2.79. The first-order chi connectivity index (χ1) is 12.1. The molecule has 2 rings (SSSR count). The summed E-state index contributed by atoms with van der Waals surface area (Å²) in [4.78, 5) is 3.64. The van der Waals surface area contributed by atoms with Gasteiger partial charge in [-0.3, -0.25) is 0 Å². The Kier molecular flexibility index (Phi) is 7.33. The Balaban J connectivity index is 2.23. The molecule has 0 atom stereocenters. The molecule has 0 radical (unpaired) electrons. The van der Waals surface area contributed by atoms with Gasteiger partial charge in [0, 0.05) is 18.3 Å². The van der Waals surface area contributed by atoms with Crippen molar-refractivity contribution in [1.82, 2.24) is 4.98 Å². The summed E-state index contributed by atoms with van der Waals surface area (Å²) < 4.78 is 48.8. The van der Waals surface area contributed by atoms with E-state index in [1.807, 2.05) is 0 Å². The standard InChI is InChI=1S/C15H7BrCl4F3NO2/c16-9-3-7(15(21,22)23)6-24-14(9)26-13-10(17)4-8(5-11(13)18)25-2-1-12(19)20/h1,3-6H,2H2. The molecular formula is C15H7BrCl4F3NO2. The van der Waals surface area contributed by atoms with E-state index >= 15 is 0 Å². The Morgan fingerprint density at radius 3 is 2.27 bits per heavy atom. The normalized spacial score (nSPS) is 11.2. The van der Waals surface area contributed by atoms with Crippen LogP contribution in [0, 0.1) is 0 Å². The van der Waals surface area contributed by atoms with E-state index in [0.29, 0.717) is 11.9 Å². The molecular weight excluding hydrogens is 505 g/mol. The molecule has 1 aromatic carbocycles. The van der Waals surface area contributed by atoms with Gasteiger partial charge in [-0.2, -0.15) is 13.2 Å². The first-order valence-corrected chi connectivity index (χ1v) is 8.92. The highest BCUT2D eigenvalue weighted by Gasteiger charge is 2.31. The van der Waals surface area contributed by atoms with Crippen LogP contribution in [0.1, 0.15) is 5.56 Å². The smallest absolute Gasteiger partial charge is 0.417 e. The fraction of sp³-hybridized carbons (Fsp3) is 0.133. The maximum Gasteiger partial charge on any atom is 0.417 e. The quantitative estimate of drug-likeness (QED) is 0.413. The Morgan fingerprint density at radius 1 is 1.15 bits per heavy atom. The number of benzene rings is 1. The number of pyridine rings is 1. The Morgan fingerprint density at radius 2 is 1.77 bits per heavy atom. The van der Waals surface area contributed by atoms with Gasteiger partial charge in [-0.05, 0) is 28.1 Å². The predicted molar refractivity (Wildman–Crippen MR) is 98.8 cm³/mol. The second-order valence-electron chi connectivity index (χ2n) is 4.63. The maximum atomic E-state index is 12.7. The van der Waals surface area contributed by atoms with Crippen molar-refractivity contribution in [2.75, 3.05) is 6.61 Å². The number of rotatable bonds is 5. The zero-order chi connectivity index (χ0) is 19.5. The molecule has 0 amide bonds. The average molecular weight is 512 g/mol. The monoisotopic (exact) mass is 509 g/mol. The highest BCUT2D eigenvalue weighted by Crippen LogP contribution is 2.41. The highest BCUT2D eigenvalue weighted by atomic mass is 79.9. The molecule has 0 unspecified atom stereocenters. The van der Waals surface area contributed by atoms with E-state index in [-0.39, 0.29) is 37.2 Å². The molecule has 3 nitrogen and oxygen atoms in total. The number of nitrogens with zero attached hydrogens (tertiary/aromatic N) is 1. The number of hydrogen-bond donors (Lipinski definition) is 0. The molecule has 0 spiro atoms. The summed E-state index contributed by atoms with van der Waals surface area (Å²) in [5.41, 5.74) is -0.927. The predicted octanol–water partition coefficient (Wildman–Crippen LogP) is 7.66. The zero-order valence-corrected chi connectivity index (χ0v) is 17.0. The lowest BCUT2D eigenvalue weighted by Crippen LogP contribution is -2.06. The maximum absolute atomic E-state index is 12.7. The fourth-order valence-electron chi connectivity index (χ4n) is 1.67. The fourth-order valence-corrected chi connectivity index (χ4v) is 2.77. The molecule has 1 heterocycles. The summed E-state index contributed by atoms with van der Waals surface area (Å²) in [6.07, 6.45) is -2.47. The average Bonchev–Trinajstić information content (AvgIpc) is 2.50. The summed E-state index contributed by atoms with van der Waals surface area (Å²) in [6, 6.07) is 3.66. The molecule has 0 saturated heterocycles. The lowest BCUT2D eigenvalue weighted by molar-refractivity contribution is -0.137. The van der Waals surface area contributed by atoms with Gasteiger partial charge >= 0.3 is 6.18 Å². The van der Waals surface area contributed by atoms with Gasteiger partial charge in [-0.25, -0.2) is 4.98 Å². The number of halogens is 8. The topological polar surface area (TPSA) is 31.4 Å². The highest BCUT2D eigenvalue weighted by molar-refractivity contribution is 9.10. The van der Waals surface area contributed by atoms with E-state index in [4.69, 9.17) is 55.9 Å². The van der Waals surface area contributed by atoms with Crippen LogP contribution in [-0.2, 0) is 6.18 Å². The van der Waals surface area contributed by atoms with E-state index in [9.17, 15) is 13.2 Å². The molecule has 0 aliphatic heterocycles. The Bertz CT molecular complexity index is 819. The molecule has 0 aliphatic carbocycles. The summed E-state index contributed by atoms with van der Waals surface area (Å²) in [5, 5.41) is 0.143.